The summed E-state index contributed by atoms with van der Waals surface area (Å²) in [5, 5.41) is 9.71. The van der Waals surface area contributed by atoms with Crippen LogP contribution in [0.25, 0.3) is 17.0 Å². The molecule has 0 atom stereocenters. The molecule has 5 nitrogen and oxygen atoms in total. The molecule has 2 aromatic heterocycles. The van der Waals surface area contributed by atoms with Crippen LogP contribution >= 0.6 is 0 Å². The number of hydrogen-bond donors (Lipinski definition) is 1. The van der Waals surface area contributed by atoms with Gasteiger partial charge in [0.1, 0.15) is 0 Å². The third-order valence-electron chi connectivity index (χ3n) is 3.44. The van der Waals surface area contributed by atoms with E-state index in [1.165, 1.54) is 10.6 Å². The van der Waals surface area contributed by atoms with E-state index in [0.717, 1.165) is 22.7 Å². The van der Waals surface area contributed by atoms with Gasteiger partial charge >= 0.3 is 5.97 Å². The van der Waals surface area contributed by atoms with Crippen LogP contribution in [0.1, 0.15) is 11.3 Å². The summed E-state index contributed by atoms with van der Waals surface area (Å²) >= 11 is 0. The molecule has 0 bridgehead atoms. The molecule has 0 saturated heterocycles. The van der Waals surface area contributed by atoms with Gasteiger partial charge in [0, 0.05) is 23.2 Å². The number of pyridine rings is 2. The van der Waals surface area contributed by atoms with E-state index in [9.17, 15) is 9.59 Å². The van der Waals surface area contributed by atoms with E-state index in [2.05, 4.69) is 4.98 Å². The lowest BCUT2D eigenvalue weighted by molar-refractivity contribution is -0.131. The van der Waals surface area contributed by atoms with Crippen molar-refractivity contribution in [1.82, 2.24) is 9.55 Å². The number of hydrogen-bond acceptors (Lipinski definition) is 3. The molecule has 0 radical (unpaired) electrons. The molecule has 0 aliphatic rings. The maximum Gasteiger partial charge on any atom is 0.328 e. The number of para-hydroxylation sites is 1. The standard InChI is InChI=1S/C18H14N2O3/c21-17(22)10-8-14-5-3-11-20(18(14)23)12-15-9-7-13-4-1-2-6-16(13)19-15/h1-11H,12H2,(H,21,22)/b10-8+. The summed E-state index contributed by atoms with van der Waals surface area (Å²) in [6.45, 7) is 0.332. The monoisotopic (exact) mass is 306 g/mol. The summed E-state index contributed by atoms with van der Waals surface area (Å²) < 4.78 is 1.51. The van der Waals surface area contributed by atoms with E-state index in [0.29, 0.717) is 12.1 Å². The predicted molar refractivity (Wildman–Crippen MR) is 88.2 cm³/mol. The van der Waals surface area contributed by atoms with Crippen molar-refractivity contribution in [2.24, 2.45) is 0 Å². The second kappa shape index (κ2) is 6.27. The second-order valence-electron chi connectivity index (χ2n) is 5.06. The minimum absolute atomic E-state index is 0.250. The lowest BCUT2D eigenvalue weighted by Crippen LogP contribution is -2.22. The summed E-state index contributed by atoms with van der Waals surface area (Å²) in [6, 6.07) is 14.9. The molecule has 5 heteroatoms. The fraction of sp³-hybridized carbons (Fsp3) is 0.0556. The Labute approximate surface area is 132 Å². The Morgan fingerprint density at radius 2 is 1.96 bits per heavy atom. The van der Waals surface area contributed by atoms with Crippen molar-refractivity contribution in [3.8, 4) is 0 Å². The fourth-order valence-electron chi connectivity index (χ4n) is 2.34. The van der Waals surface area contributed by atoms with E-state index in [1.807, 2.05) is 36.4 Å². The highest BCUT2D eigenvalue weighted by Gasteiger charge is 2.04. The largest absolute Gasteiger partial charge is 0.478 e. The molecule has 0 unspecified atom stereocenters. The highest BCUT2D eigenvalue weighted by molar-refractivity contribution is 5.85. The van der Waals surface area contributed by atoms with Gasteiger partial charge in [0.15, 0.2) is 0 Å². The SMILES string of the molecule is O=C(O)/C=C/c1cccn(Cc2ccc3ccccc3n2)c1=O. The van der Waals surface area contributed by atoms with Crippen LogP contribution in [0, 0.1) is 0 Å². The van der Waals surface area contributed by atoms with Crippen LogP contribution in [-0.4, -0.2) is 20.6 Å². The quantitative estimate of drug-likeness (QED) is 0.752. The topological polar surface area (TPSA) is 72.2 Å². The van der Waals surface area contributed by atoms with Crippen LogP contribution in [0.5, 0.6) is 0 Å². The Balaban J connectivity index is 1.94. The Bertz CT molecular complexity index is 958. The number of nitrogens with zero attached hydrogens (tertiary/aromatic N) is 2. The smallest absolute Gasteiger partial charge is 0.328 e. The molecule has 0 aliphatic heterocycles. The molecular formula is C18H14N2O3. The summed E-state index contributed by atoms with van der Waals surface area (Å²) in [5.41, 5.74) is 1.72. The Morgan fingerprint density at radius 1 is 1.13 bits per heavy atom. The summed E-state index contributed by atoms with van der Waals surface area (Å²) in [6.07, 6.45) is 3.92. The first kappa shape index (κ1) is 14.7. The van der Waals surface area contributed by atoms with E-state index in [-0.39, 0.29) is 5.56 Å². The molecule has 1 N–H and O–H groups in total. The molecule has 3 rings (SSSR count). The Kier molecular flexibility index (Phi) is 4.01. The maximum atomic E-state index is 12.3. The average Bonchev–Trinajstić information content (AvgIpc) is 2.55. The second-order valence-corrected chi connectivity index (χ2v) is 5.06. The molecule has 0 amide bonds. The zero-order chi connectivity index (χ0) is 16.2. The van der Waals surface area contributed by atoms with Crippen molar-refractivity contribution in [2.75, 3.05) is 0 Å². The van der Waals surface area contributed by atoms with Gasteiger partial charge < -0.3 is 9.67 Å². The van der Waals surface area contributed by atoms with Crippen molar-refractivity contribution in [2.45, 2.75) is 6.54 Å². The molecule has 23 heavy (non-hydrogen) atoms. The van der Waals surface area contributed by atoms with Gasteiger partial charge in [0.05, 0.1) is 17.8 Å². The number of aliphatic carboxylic acids is 1. The Hall–Kier alpha value is -3.21. The van der Waals surface area contributed by atoms with Crippen LogP contribution < -0.4 is 5.56 Å². The van der Waals surface area contributed by atoms with Gasteiger partial charge in [-0.2, -0.15) is 0 Å². The van der Waals surface area contributed by atoms with Gasteiger partial charge in [-0.3, -0.25) is 9.78 Å². The number of carboxylic acids is 1. The maximum absolute atomic E-state index is 12.3. The van der Waals surface area contributed by atoms with Gasteiger partial charge in [-0.25, -0.2) is 4.79 Å². The van der Waals surface area contributed by atoms with E-state index in [4.69, 9.17) is 5.11 Å². The van der Waals surface area contributed by atoms with Crippen molar-refractivity contribution in [1.29, 1.82) is 0 Å². The number of benzene rings is 1. The third-order valence-corrected chi connectivity index (χ3v) is 3.44. The van der Waals surface area contributed by atoms with E-state index < -0.39 is 5.97 Å². The molecule has 3 aromatic rings. The highest BCUT2D eigenvalue weighted by atomic mass is 16.4. The lowest BCUT2D eigenvalue weighted by atomic mass is 10.2. The lowest BCUT2D eigenvalue weighted by Gasteiger charge is -2.07. The third kappa shape index (κ3) is 3.35. The number of aromatic nitrogens is 2. The van der Waals surface area contributed by atoms with E-state index >= 15 is 0 Å². The average molecular weight is 306 g/mol. The first-order valence-corrected chi connectivity index (χ1v) is 7.08. The highest BCUT2D eigenvalue weighted by Crippen LogP contribution is 2.12. The van der Waals surface area contributed by atoms with Gasteiger partial charge in [0.2, 0.25) is 0 Å². The van der Waals surface area contributed by atoms with E-state index in [1.54, 1.807) is 18.3 Å². The molecule has 0 spiro atoms. The zero-order valence-corrected chi connectivity index (χ0v) is 12.2. The number of fused-ring (bicyclic) bond motifs is 1. The van der Waals surface area contributed by atoms with Crippen LogP contribution in [0.4, 0.5) is 0 Å². The van der Waals surface area contributed by atoms with Crippen molar-refractivity contribution >= 4 is 22.9 Å². The van der Waals surface area contributed by atoms with Crippen LogP contribution in [0.2, 0.25) is 0 Å². The zero-order valence-electron chi connectivity index (χ0n) is 12.2. The summed E-state index contributed by atoms with van der Waals surface area (Å²) in [5.74, 6) is -1.09. The first-order chi connectivity index (χ1) is 11.1. The first-order valence-electron chi connectivity index (χ1n) is 7.08. The van der Waals surface area contributed by atoms with Crippen LogP contribution in [0.15, 0.2) is 65.6 Å². The fourth-order valence-corrected chi connectivity index (χ4v) is 2.34. The molecule has 1 aromatic carbocycles. The summed E-state index contributed by atoms with van der Waals surface area (Å²) in [7, 11) is 0. The van der Waals surface area contributed by atoms with Gasteiger partial charge in [0.25, 0.3) is 5.56 Å². The predicted octanol–water partition coefficient (Wildman–Crippen LogP) is 2.54. The number of carboxylic acid groups (broad SMARTS) is 1. The minimum atomic E-state index is -1.09. The van der Waals surface area contributed by atoms with Gasteiger partial charge in [-0.1, -0.05) is 24.3 Å². The van der Waals surface area contributed by atoms with Gasteiger partial charge in [-0.15, -0.1) is 0 Å². The normalized spacial score (nSPS) is 11.1. The number of carbonyl (C=O) groups is 1. The molecule has 0 aliphatic carbocycles. The van der Waals surface area contributed by atoms with Gasteiger partial charge in [-0.05, 0) is 30.3 Å². The molecule has 0 saturated carbocycles. The molecule has 114 valence electrons. The molecule has 2 heterocycles. The number of rotatable bonds is 4. The molecular weight excluding hydrogens is 292 g/mol. The molecule has 0 fully saturated rings. The van der Waals surface area contributed by atoms with Crippen molar-refractivity contribution in [3.05, 3.63) is 82.4 Å². The minimum Gasteiger partial charge on any atom is -0.478 e. The van der Waals surface area contributed by atoms with Crippen molar-refractivity contribution < 1.29 is 9.90 Å². The van der Waals surface area contributed by atoms with Crippen LogP contribution in [0.3, 0.4) is 0 Å². The summed E-state index contributed by atoms with van der Waals surface area (Å²) in [4.78, 5) is 27.5. The Morgan fingerprint density at radius 3 is 2.78 bits per heavy atom. The van der Waals surface area contributed by atoms with Crippen LogP contribution in [-0.2, 0) is 11.3 Å². The van der Waals surface area contributed by atoms with Crippen molar-refractivity contribution in [3.63, 3.8) is 0 Å².